The summed E-state index contributed by atoms with van der Waals surface area (Å²) in [4.78, 5) is 33.5. The zero-order valence-electron chi connectivity index (χ0n) is 17.1. The van der Waals surface area contributed by atoms with Gasteiger partial charge in [0.25, 0.3) is 5.91 Å². The molecule has 6 nitrogen and oxygen atoms in total. The molecule has 4 rings (SSSR count). The molecule has 30 heavy (non-hydrogen) atoms. The number of halogens is 1. The Kier molecular flexibility index (Phi) is 6.41. The molecular weight excluding hydrogens is 405 g/mol. The van der Waals surface area contributed by atoms with Crippen LogP contribution in [0.2, 0.25) is 0 Å². The highest BCUT2D eigenvalue weighted by Gasteiger charge is 2.30. The Labute approximate surface area is 179 Å². The lowest BCUT2D eigenvalue weighted by Gasteiger charge is -2.30. The monoisotopic (exact) mass is 431 g/mol. The topological polar surface area (TPSA) is 66.7 Å². The van der Waals surface area contributed by atoms with Crippen LogP contribution in [0.5, 0.6) is 0 Å². The summed E-state index contributed by atoms with van der Waals surface area (Å²) >= 11 is 1.86. The highest BCUT2D eigenvalue weighted by molar-refractivity contribution is 7.99. The van der Waals surface area contributed by atoms with Gasteiger partial charge >= 0.3 is 0 Å². The summed E-state index contributed by atoms with van der Waals surface area (Å²) in [5.74, 6) is 2.80. The van der Waals surface area contributed by atoms with E-state index in [1.165, 1.54) is 12.1 Å². The number of rotatable bonds is 4. The quantitative estimate of drug-likeness (QED) is 0.743. The molecule has 0 spiro atoms. The molecule has 0 bridgehead atoms. The molecule has 2 fully saturated rings. The number of nitrogens with zero attached hydrogens (tertiary/aromatic N) is 3. The Bertz CT molecular complexity index is 918. The standard InChI is InChI=1S/C22H26FN3O3S/c1-15-20(22(28)26-9-11-30-12-10-26)24-21(29-15)17-5-7-25(8-6-17)19(27)14-16-3-2-4-18(23)13-16/h2-4,13,17H,5-12,14H2,1H3. The van der Waals surface area contributed by atoms with Crippen LogP contribution in [0.15, 0.2) is 28.7 Å². The van der Waals surface area contributed by atoms with E-state index >= 15 is 0 Å². The molecule has 1 aromatic heterocycles. The van der Waals surface area contributed by atoms with E-state index in [9.17, 15) is 14.0 Å². The van der Waals surface area contributed by atoms with Gasteiger partial charge in [-0.25, -0.2) is 9.37 Å². The van der Waals surface area contributed by atoms with E-state index in [0.29, 0.717) is 36.0 Å². The molecule has 1 aromatic carbocycles. The average Bonchev–Trinajstić information content (AvgIpc) is 3.15. The lowest BCUT2D eigenvalue weighted by atomic mass is 9.96. The van der Waals surface area contributed by atoms with E-state index in [-0.39, 0.29) is 30.0 Å². The lowest BCUT2D eigenvalue weighted by molar-refractivity contribution is -0.131. The number of benzene rings is 1. The Morgan fingerprint density at radius 2 is 1.90 bits per heavy atom. The van der Waals surface area contributed by atoms with Gasteiger partial charge in [-0.15, -0.1) is 0 Å². The zero-order chi connectivity index (χ0) is 21.1. The Morgan fingerprint density at radius 1 is 1.17 bits per heavy atom. The van der Waals surface area contributed by atoms with Crippen LogP contribution in [0, 0.1) is 12.7 Å². The summed E-state index contributed by atoms with van der Waals surface area (Å²) < 4.78 is 19.2. The van der Waals surface area contributed by atoms with Crippen LogP contribution in [0.1, 0.15) is 46.5 Å². The summed E-state index contributed by atoms with van der Waals surface area (Å²) in [5, 5.41) is 0. The Morgan fingerprint density at radius 3 is 2.60 bits per heavy atom. The summed E-state index contributed by atoms with van der Waals surface area (Å²) in [5.41, 5.74) is 1.10. The molecule has 0 saturated carbocycles. The predicted molar refractivity (Wildman–Crippen MR) is 113 cm³/mol. The van der Waals surface area contributed by atoms with Crippen molar-refractivity contribution in [1.82, 2.24) is 14.8 Å². The van der Waals surface area contributed by atoms with E-state index < -0.39 is 0 Å². The number of thioether (sulfide) groups is 1. The van der Waals surface area contributed by atoms with Gasteiger partial charge in [-0.2, -0.15) is 11.8 Å². The number of piperidine rings is 1. The molecule has 2 aromatic rings. The minimum absolute atomic E-state index is 0.00136. The number of hydrogen-bond acceptors (Lipinski definition) is 5. The van der Waals surface area contributed by atoms with Gasteiger partial charge in [0.2, 0.25) is 5.91 Å². The van der Waals surface area contributed by atoms with Crippen molar-refractivity contribution in [3.63, 3.8) is 0 Å². The highest BCUT2D eigenvalue weighted by Crippen LogP contribution is 2.29. The number of oxazole rings is 1. The summed E-state index contributed by atoms with van der Waals surface area (Å²) in [6, 6.07) is 6.17. The predicted octanol–water partition coefficient (Wildman–Crippen LogP) is 3.26. The second-order valence-electron chi connectivity index (χ2n) is 7.82. The molecule has 0 atom stereocenters. The van der Waals surface area contributed by atoms with E-state index in [0.717, 1.165) is 37.4 Å². The van der Waals surface area contributed by atoms with Crippen LogP contribution < -0.4 is 0 Å². The number of carbonyl (C=O) groups is 2. The van der Waals surface area contributed by atoms with Crippen molar-refractivity contribution in [3.8, 4) is 0 Å². The van der Waals surface area contributed by atoms with Crippen molar-refractivity contribution >= 4 is 23.6 Å². The molecule has 2 saturated heterocycles. The van der Waals surface area contributed by atoms with Gasteiger partial charge in [-0.1, -0.05) is 12.1 Å². The summed E-state index contributed by atoms with van der Waals surface area (Å²) in [7, 11) is 0. The largest absolute Gasteiger partial charge is 0.445 e. The molecule has 2 amide bonds. The fraction of sp³-hybridized carbons (Fsp3) is 0.500. The van der Waals surface area contributed by atoms with Crippen LogP contribution >= 0.6 is 11.8 Å². The van der Waals surface area contributed by atoms with Crippen molar-refractivity contribution in [3.05, 3.63) is 53.0 Å². The first kappa shape index (κ1) is 20.9. The van der Waals surface area contributed by atoms with Crippen LogP contribution in [-0.4, -0.2) is 64.3 Å². The van der Waals surface area contributed by atoms with Gasteiger partial charge in [0, 0.05) is 43.6 Å². The van der Waals surface area contributed by atoms with Gasteiger partial charge in [-0.05, 0) is 37.5 Å². The molecule has 0 N–H and O–H groups in total. The number of aromatic nitrogens is 1. The van der Waals surface area contributed by atoms with Gasteiger partial charge in [0.15, 0.2) is 11.6 Å². The highest BCUT2D eigenvalue weighted by atomic mass is 32.2. The van der Waals surface area contributed by atoms with Gasteiger partial charge in [0.05, 0.1) is 6.42 Å². The molecule has 160 valence electrons. The number of aryl methyl sites for hydroxylation is 1. The molecule has 2 aliphatic heterocycles. The fourth-order valence-corrected chi connectivity index (χ4v) is 4.92. The van der Waals surface area contributed by atoms with Gasteiger partial charge in [0.1, 0.15) is 11.6 Å². The third-order valence-electron chi connectivity index (χ3n) is 5.76. The van der Waals surface area contributed by atoms with E-state index in [2.05, 4.69) is 4.98 Å². The average molecular weight is 432 g/mol. The number of likely N-dealkylation sites (tertiary alicyclic amines) is 1. The molecule has 0 unspecified atom stereocenters. The minimum atomic E-state index is -0.327. The maximum absolute atomic E-state index is 13.3. The lowest BCUT2D eigenvalue weighted by Crippen LogP contribution is -2.39. The van der Waals surface area contributed by atoms with Crippen molar-refractivity contribution < 1.29 is 18.4 Å². The first-order valence-corrected chi connectivity index (χ1v) is 11.5. The first-order valence-electron chi connectivity index (χ1n) is 10.4. The Balaban J connectivity index is 1.35. The smallest absolute Gasteiger partial charge is 0.276 e. The molecule has 3 heterocycles. The number of carbonyl (C=O) groups excluding carboxylic acids is 2. The van der Waals surface area contributed by atoms with Crippen molar-refractivity contribution in [2.45, 2.75) is 32.1 Å². The third kappa shape index (κ3) is 4.69. The Hall–Kier alpha value is -2.35. The summed E-state index contributed by atoms with van der Waals surface area (Å²) in [6.07, 6.45) is 1.68. The SMILES string of the molecule is Cc1oc(C2CCN(C(=O)Cc3cccc(F)c3)CC2)nc1C(=O)N1CCSCC1. The maximum Gasteiger partial charge on any atom is 0.276 e. The fourth-order valence-electron chi connectivity index (χ4n) is 4.02. The van der Waals surface area contributed by atoms with Crippen LogP contribution in [-0.2, 0) is 11.2 Å². The number of amides is 2. The van der Waals surface area contributed by atoms with Crippen molar-refractivity contribution in [2.24, 2.45) is 0 Å². The normalized spacial score (nSPS) is 17.9. The molecule has 2 aliphatic rings. The van der Waals surface area contributed by atoms with Crippen LogP contribution in [0.25, 0.3) is 0 Å². The first-order chi connectivity index (χ1) is 14.5. The molecule has 8 heteroatoms. The minimum Gasteiger partial charge on any atom is -0.445 e. The molecule has 0 radical (unpaired) electrons. The van der Waals surface area contributed by atoms with Crippen molar-refractivity contribution in [1.29, 1.82) is 0 Å². The second kappa shape index (κ2) is 9.20. The van der Waals surface area contributed by atoms with E-state index in [4.69, 9.17) is 4.42 Å². The number of hydrogen-bond donors (Lipinski definition) is 0. The van der Waals surface area contributed by atoms with Gasteiger partial charge < -0.3 is 14.2 Å². The van der Waals surface area contributed by atoms with Crippen LogP contribution in [0.3, 0.4) is 0 Å². The molecule has 0 aliphatic carbocycles. The molecular formula is C22H26FN3O3S. The third-order valence-corrected chi connectivity index (χ3v) is 6.70. The second-order valence-corrected chi connectivity index (χ2v) is 9.05. The van der Waals surface area contributed by atoms with Crippen LogP contribution in [0.4, 0.5) is 4.39 Å². The van der Waals surface area contributed by atoms with E-state index in [1.54, 1.807) is 19.1 Å². The van der Waals surface area contributed by atoms with E-state index in [1.807, 2.05) is 21.6 Å². The zero-order valence-corrected chi connectivity index (χ0v) is 17.9. The van der Waals surface area contributed by atoms with Crippen molar-refractivity contribution in [2.75, 3.05) is 37.7 Å². The maximum atomic E-state index is 13.3. The summed E-state index contributed by atoms with van der Waals surface area (Å²) in [6.45, 7) is 4.49. The van der Waals surface area contributed by atoms with Gasteiger partial charge in [-0.3, -0.25) is 9.59 Å².